The van der Waals surface area contributed by atoms with Crippen LogP contribution in [-0.4, -0.2) is 39.0 Å². The first kappa shape index (κ1) is 14.6. The van der Waals surface area contributed by atoms with Crippen LogP contribution in [-0.2, 0) is 14.8 Å². The first-order valence-corrected chi connectivity index (χ1v) is 8.43. The average molecular weight is 330 g/mol. The molecule has 0 aromatic carbocycles. The van der Waals surface area contributed by atoms with E-state index in [4.69, 9.17) is 27.9 Å². The van der Waals surface area contributed by atoms with Gasteiger partial charge < -0.3 is 4.74 Å². The molecule has 0 radical (unpaired) electrons. The summed E-state index contributed by atoms with van der Waals surface area (Å²) in [6, 6.07) is 1.29. The molecule has 1 aromatic heterocycles. The molecule has 1 atom stereocenters. The average Bonchev–Trinajstić information content (AvgIpc) is 2.86. The summed E-state index contributed by atoms with van der Waals surface area (Å²) in [5, 5.41) is 0. The number of methoxy groups -OCH3 is 1. The maximum absolute atomic E-state index is 12.5. The zero-order chi connectivity index (χ0) is 13.3. The Balaban J connectivity index is 2.33. The third kappa shape index (κ3) is 2.69. The van der Waals surface area contributed by atoms with Crippen molar-refractivity contribution in [2.75, 3.05) is 20.3 Å². The van der Waals surface area contributed by atoms with Gasteiger partial charge in [0.05, 0.1) is 10.9 Å². The van der Waals surface area contributed by atoms with Crippen LogP contribution >= 0.6 is 34.5 Å². The summed E-state index contributed by atoms with van der Waals surface area (Å²) in [5.74, 6) is 0. The molecule has 1 aliphatic rings. The molecule has 1 saturated heterocycles. The predicted molar refractivity (Wildman–Crippen MR) is 73.1 cm³/mol. The number of hydrogen-bond donors (Lipinski definition) is 0. The summed E-state index contributed by atoms with van der Waals surface area (Å²) in [6.45, 7) is 0.898. The van der Waals surface area contributed by atoms with Gasteiger partial charge >= 0.3 is 0 Å². The summed E-state index contributed by atoms with van der Waals surface area (Å²) >= 11 is 12.8. The van der Waals surface area contributed by atoms with Crippen molar-refractivity contribution in [3.8, 4) is 0 Å². The minimum atomic E-state index is -3.57. The zero-order valence-corrected chi connectivity index (χ0v) is 12.9. The molecule has 1 fully saturated rings. The van der Waals surface area contributed by atoms with Crippen molar-refractivity contribution in [1.29, 1.82) is 0 Å². The second-order valence-electron chi connectivity index (χ2n) is 4.06. The fraction of sp³-hybridized carbons (Fsp3) is 0.600. The van der Waals surface area contributed by atoms with E-state index in [1.807, 2.05) is 0 Å². The lowest BCUT2D eigenvalue weighted by Gasteiger charge is -2.23. The smallest absolute Gasteiger partial charge is 0.245 e. The fourth-order valence-electron chi connectivity index (χ4n) is 2.11. The molecule has 0 saturated carbocycles. The summed E-state index contributed by atoms with van der Waals surface area (Å²) < 4.78 is 32.1. The largest absolute Gasteiger partial charge is 0.383 e. The maximum atomic E-state index is 12.5. The molecule has 1 aliphatic heterocycles. The Morgan fingerprint density at radius 1 is 1.56 bits per heavy atom. The van der Waals surface area contributed by atoms with E-state index in [-0.39, 0.29) is 15.3 Å². The molecule has 2 heterocycles. The number of thiophene rings is 1. The van der Waals surface area contributed by atoms with Crippen LogP contribution < -0.4 is 0 Å². The quantitative estimate of drug-likeness (QED) is 0.853. The number of sulfonamides is 1. The predicted octanol–water partition coefficient (Wildman–Crippen LogP) is 2.85. The third-order valence-corrected chi connectivity index (χ3v) is 6.60. The van der Waals surface area contributed by atoms with Crippen LogP contribution in [0.5, 0.6) is 0 Å². The van der Waals surface area contributed by atoms with E-state index in [9.17, 15) is 8.42 Å². The molecule has 0 N–H and O–H groups in total. The van der Waals surface area contributed by atoms with Crippen LogP contribution in [0.3, 0.4) is 0 Å². The highest BCUT2D eigenvalue weighted by Gasteiger charge is 2.37. The van der Waals surface area contributed by atoms with Crippen molar-refractivity contribution in [3.05, 3.63) is 14.7 Å². The van der Waals surface area contributed by atoms with E-state index in [1.165, 1.54) is 10.4 Å². The number of rotatable bonds is 4. The van der Waals surface area contributed by atoms with E-state index >= 15 is 0 Å². The number of halogens is 2. The van der Waals surface area contributed by atoms with Gasteiger partial charge in [0.2, 0.25) is 10.0 Å². The Labute approximate surface area is 120 Å². The Bertz CT molecular complexity index is 529. The van der Waals surface area contributed by atoms with Crippen molar-refractivity contribution in [1.82, 2.24) is 4.31 Å². The normalized spacial score (nSPS) is 21.6. The van der Waals surface area contributed by atoms with Gasteiger partial charge in [0.15, 0.2) is 0 Å². The molecule has 0 unspecified atom stereocenters. The summed E-state index contributed by atoms with van der Waals surface area (Å²) in [7, 11) is -2.01. The Hall–Kier alpha value is 0.150. The van der Waals surface area contributed by atoms with Gasteiger partial charge in [0.1, 0.15) is 9.23 Å². The van der Waals surface area contributed by atoms with E-state index in [1.54, 1.807) is 7.11 Å². The SMILES string of the molecule is COC[C@@H]1CCCN1S(=O)(=O)c1cc(Cl)sc1Cl. The molecule has 102 valence electrons. The highest BCUT2D eigenvalue weighted by Crippen LogP contribution is 2.37. The van der Waals surface area contributed by atoms with Gasteiger partial charge in [-0.15, -0.1) is 11.3 Å². The summed E-state index contributed by atoms with van der Waals surface area (Å²) in [5.41, 5.74) is 0. The number of ether oxygens (including phenoxy) is 1. The van der Waals surface area contributed by atoms with Crippen LogP contribution in [0, 0.1) is 0 Å². The number of nitrogens with zero attached hydrogens (tertiary/aromatic N) is 1. The van der Waals surface area contributed by atoms with Gasteiger partial charge in [0, 0.05) is 19.7 Å². The molecular weight excluding hydrogens is 317 g/mol. The third-order valence-electron chi connectivity index (χ3n) is 2.89. The lowest BCUT2D eigenvalue weighted by Crippen LogP contribution is -2.37. The first-order chi connectivity index (χ1) is 8.46. The Kier molecular flexibility index (Phi) is 4.57. The lowest BCUT2D eigenvalue weighted by atomic mass is 10.2. The molecule has 2 rings (SSSR count). The molecule has 0 spiro atoms. The zero-order valence-electron chi connectivity index (χ0n) is 9.73. The minimum Gasteiger partial charge on any atom is -0.383 e. The van der Waals surface area contributed by atoms with Gasteiger partial charge in [-0.25, -0.2) is 8.42 Å². The standard InChI is InChI=1S/C10H13Cl2NO3S2/c1-16-6-7-3-2-4-13(7)18(14,15)8-5-9(11)17-10(8)12/h5,7H,2-4,6H2,1H3/t7-/m0/s1. The molecule has 8 heteroatoms. The van der Waals surface area contributed by atoms with E-state index in [0.29, 0.717) is 17.5 Å². The lowest BCUT2D eigenvalue weighted by molar-refractivity contribution is 0.149. The number of hydrogen-bond acceptors (Lipinski definition) is 4. The van der Waals surface area contributed by atoms with E-state index in [0.717, 1.165) is 24.2 Å². The van der Waals surface area contributed by atoms with Crippen molar-refractivity contribution in [3.63, 3.8) is 0 Å². The Morgan fingerprint density at radius 3 is 2.83 bits per heavy atom. The maximum Gasteiger partial charge on any atom is 0.245 e. The van der Waals surface area contributed by atoms with Crippen molar-refractivity contribution in [2.24, 2.45) is 0 Å². The molecule has 1 aromatic rings. The first-order valence-electron chi connectivity index (χ1n) is 5.42. The fourth-order valence-corrected chi connectivity index (χ4v) is 5.91. The summed E-state index contributed by atoms with van der Waals surface area (Å²) in [4.78, 5) is 0.0992. The van der Waals surface area contributed by atoms with Gasteiger partial charge in [-0.1, -0.05) is 23.2 Å². The molecule has 0 bridgehead atoms. The van der Waals surface area contributed by atoms with Gasteiger partial charge in [0.25, 0.3) is 0 Å². The highest BCUT2D eigenvalue weighted by atomic mass is 35.5. The van der Waals surface area contributed by atoms with E-state index in [2.05, 4.69) is 0 Å². The van der Waals surface area contributed by atoms with Crippen LogP contribution in [0.1, 0.15) is 12.8 Å². The van der Waals surface area contributed by atoms with Crippen LogP contribution in [0.25, 0.3) is 0 Å². The molecule has 0 amide bonds. The second-order valence-corrected chi connectivity index (χ2v) is 8.20. The van der Waals surface area contributed by atoms with Gasteiger partial charge in [-0.2, -0.15) is 4.31 Å². The van der Waals surface area contributed by atoms with Crippen molar-refractivity contribution >= 4 is 44.6 Å². The van der Waals surface area contributed by atoms with Gasteiger partial charge in [-0.05, 0) is 18.9 Å². The molecular formula is C10H13Cl2NO3S2. The van der Waals surface area contributed by atoms with Crippen molar-refractivity contribution in [2.45, 2.75) is 23.8 Å². The highest BCUT2D eigenvalue weighted by molar-refractivity contribution is 7.89. The van der Waals surface area contributed by atoms with E-state index < -0.39 is 10.0 Å². The monoisotopic (exact) mass is 329 g/mol. The Morgan fingerprint density at radius 2 is 2.28 bits per heavy atom. The molecule has 4 nitrogen and oxygen atoms in total. The summed E-state index contributed by atoms with van der Waals surface area (Å²) in [6.07, 6.45) is 1.64. The van der Waals surface area contributed by atoms with Gasteiger partial charge in [-0.3, -0.25) is 0 Å². The minimum absolute atomic E-state index is 0.0992. The topological polar surface area (TPSA) is 46.6 Å². The van der Waals surface area contributed by atoms with Crippen LogP contribution in [0.4, 0.5) is 0 Å². The molecule has 18 heavy (non-hydrogen) atoms. The van der Waals surface area contributed by atoms with Crippen LogP contribution in [0.2, 0.25) is 8.67 Å². The molecule has 0 aliphatic carbocycles. The second kappa shape index (κ2) is 5.64. The van der Waals surface area contributed by atoms with Crippen LogP contribution in [0.15, 0.2) is 11.0 Å². The van der Waals surface area contributed by atoms with Crippen molar-refractivity contribution < 1.29 is 13.2 Å².